The Morgan fingerprint density at radius 2 is 1.73 bits per heavy atom. The molecule has 2 aromatic rings. The van der Waals surface area contributed by atoms with Crippen molar-refractivity contribution < 1.29 is 17.9 Å². The van der Waals surface area contributed by atoms with Crippen LogP contribution in [0.25, 0.3) is 11.1 Å². The molecule has 0 aliphatic heterocycles. The first-order chi connectivity index (χ1) is 10.7. The van der Waals surface area contributed by atoms with Gasteiger partial charge in [-0.3, -0.25) is 0 Å². The number of para-hydroxylation sites is 1. The van der Waals surface area contributed by atoms with E-state index in [2.05, 4.69) is 0 Å². The van der Waals surface area contributed by atoms with Crippen LogP contribution < -0.4 is 4.74 Å². The number of rotatable bonds is 8. The summed E-state index contributed by atoms with van der Waals surface area (Å²) in [6.07, 6.45) is -0.647. The first-order valence-corrected chi connectivity index (χ1v) is 8.71. The topological polar surface area (TPSA) is 44.8 Å². The van der Waals surface area contributed by atoms with E-state index in [1.54, 1.807) is 6.92 Å². The number of benzene rings is 2. The van der Waals surface area contributed by atoms with Gasteiger partial charge in [0.05, 0.1) is 6.61 Å². The summed E-state index contributed by atoms with van der Waals surface area (Å²) in [6.45, 7) is 2.28. The van der Waals surface area contributed by atoms with Crippen LogP contribution in [-0.2, 0) is 19.2 Å². The molecule has 6 heteroatoms. The fourth-order valence-electron chi connectivity index (χ4n) is 1.95. The molecule has 0 spiro atoms. The average Bonchev–Trinajstić information content (AvgIpc) is 2.52. The zero-order chi connectivity index (χ0) is 15.8. The Balaban J connectivity index is 1.90. The molecule has 22 heavy (non-hydrogen) atoms. The van der Waals surface area contributed by atoms with Crippen LogP contribution in [0.15, 0.2) is 54.6 Å². The van der Waals surface area contributed by atoms with Gasteiger partial charge in [-0.1, -0.05) is 48.5 Å². The van der Waals surface area contributed by atoms with Crippen molar-refractivity contribution in [3.63, 3.8) is 0 Å². The van der Waals surface area contributed by atoms with Crippen LogP contribution in [-0.4, -0.2) is 23.7 Å². The maximum Gasteiger partial charge on any atom is 0.258 e. The number of ether oxygens (including phenoxy) is 2. The second-order valence-electron chi connectivity index (χ2n) is 4.44. The molecule has 0 radical (unpaired) electrons. The van der Waals surface area contributed by atoms with E-state index in [-0.39, 0.29) is 0 Å². The molecule has 2 aromatic carbocycles. The Kier molecular flexibility index (Phi) is 6.86. The Morgan fingerprint density at radius 1 is 1.05 bits per heavy atom. The Morgan fingerprint density at radius 3 is 2.45 bits per heavy atom. The van der Waals surface area contributed by atoms with Gasteiger partial charge in [-0.05, 0) is 18.6 Å². The summed E-state index contributed by atoms with van der Waals surface area (Å²) >= 11 is 0. The van der Waals surface area contributed by atoms with E-state index < -0.39 is 16.6 Å². The van der Waals surface area contributed by atoms with Crippen molar-refractivity contribution in [2.45, 2.75) is 13.2 Å². The minimum absolute atomic E-state index is 0.304. The third kappa shape index (κ3) is 5.42. The van der Waals surface area contributed by atoms with Gasteiger partial charge in [0.2, 0.25) is 0 Å². The molecule has 0 aromatic heterocycles. The minimum atomic E-state index is -1.86. The van der Waals surface area contributed by atoms with Gasteiger partial charge < -0.3 is 9.47 Å². The smallest absolute Gasteiger partial charge is 0.258 e. The summed E-state index contributed by atoms with van der Waals surface area (Å²) in [4.78, 5) is 0. The molecule has 0 aliphatic carbocycles. The minimum Gasteiger partial charge on any atom is -0.491 e. The standard InChI is InChI=1S/C16H17ClO4S/c1-13(21-22(17)18)19-11-12-20-16-10-6-5-9-15(16)14-7-3-2-4-8-14/h2-10,13H,11-12H2,1H3. The van der Waals surface area contributed by atoms with Gasteiger partial charge in [-0.2, -0.15) is 0 Å². The third-order valence-electron chi connectivity index (χ3n) is 2.88. The van der Waals surface area contributed by atoms with Gasteiger partial charge >= 0.3 is 0 Å². The molecule has 0 fully saturated rings. The van der Waals surface area contributed by atoms with Gasteiger partial charge in [-0.15, -0.1) is 0 Å². The summed E-state index contributed by atoms with van der Waals surface area (Å²) in [5, 5.41) is 0. The first kappa shape index (κ1) is 17.0. The lowest BCUT2D eigenvalue weighted by Crippen LogP contribution is -2.17. The molecule has 0 saturated heterocycles. The van der Waals surface area contributed by atoms with Crippen molar-refractivity contribution in [3.8, 4) is 16.9 Å². The summed E-state index contributed by atoms with van der Waals surface area (Å²) in [6, 6.07) is 17.8. The second-order valence-corrected chi connectivity index (χ2v) is 5.78. The normalized spacial score (nSPS) is 13.5. The van der Waals surface area contributed by atoms with Gasteiger partial charge in [0.25, 0.3) is 10.3 Å². The summed E-state index contributed by atoms with van der Waals surface area (Å²) in [5.74, 6) is 0.784. The Labute approximate surface area is 137 Å². The Bertz CT molecular complexity index is 606. The monoisotopic (exact) mass is 340 g/mol. The zero-order valence-electron chi connectivity index (χ0n) is 12.1. The average molecular weight is 341 g/mol. The molecule has 0 saturated carbocycles. The number of hydrogen-bond donors (Lipinski definition) is 0. The highest BCUT2D eigenvalue weighted by Crippen LogP contribution is 2.29. The van der Waals surface area contributed by atoms with E-state index >= 15 is 0 Å². The highest BCUT2D eigenvalue weighted by atomic mass is 35.7. The van der Waals surface area contributed by atoms with Crippen molar-refractivity contribution in [2.24, 2.45) is 0 Å². The molecule has 0 amide bonds. The van der Waals surface area contributed by atoms with Gasteiger partial charge in [-0.25, -0.2) is 8.39 Å². The molecular formula is C16H17ClO4S. The van der Waals surface area contributed by atoms with E-state index in [1.165, 1.54) is 0 Å². The summed E-state index contributed by atoms with van der Waals surface area (Å²) in [7, 11) is 3.35. The molecule has 118 valence electrons. The quantitative estimate of drug-likeness (QED) is 0.415. The number of hydrogen-bond acceptors (Lipinski definition) is 4. The fraction of sp³-hybridized carbons (Fsp3) is 0.250. The highest BCUT2D eigenvalue weighted by Gasteiger charge is 2.07. The molecule has 4 nitrogen and oxygen atoms in total. The molecular weight excluding hydrogens is 324 g/mol. The van der Waals surface area contributed by atoms with E-state index in [4.69, 9.17) is 24.3 Å². The Hall–Kier alpha value is -1.40. The van der Waals surface area contributed by atoms with E-state index in [0.29, 0.717) is 13.2 Å². The van der Waals surface area contributed by atoms with Crippen molar-refractivity contribution in [2.75, 3.05) is 13.2 Å². The van der Waals surface area contributed by atoms with Crippen molar-refractivity contribution in [3.05, 3.63) is 54.6 Å². The van der Waals surface area contributed by atoms with Crippen LogP contribution in [0.3, 0.4) is 0 Å². The molecule has 0 heterocycles. The largest absolute Gasteiger partial charge is 0.491 e. The predicted octanol–water partition coefficient (Wildman–Crippen LogP) is 3.93. The molecule has 0 bridgehead atoms. The van der Waals surface area contributed by atoms with E-state index in [1.807, 2.05) is 54.6 Å². The lowest BCUT2D eigenvalue weighted by molar-refractivity contribution is -0.0657. The van der Waals surface area contributed by atoms with Crippen molar-refractivity contribution in [1.29, 1.82) is 0 Å². The lowest BCUT2D eigenvalue weighted by Gasteiger charge is -2.14. The van der Waals surface area contributed by atoms with E-state index in [9.17, 15) is 4.21 Å². The maximum atomic E-state index is 10.7. The predicted molar refractivity (Wildman–Crippen MR) is 87.9 cm³/mol. The van der Waals surface area contributed by atoms with Crippen LogP contribution in [0.4, 0.5) is 0 Å². The number of halogens is 1. The van der Waals surface area contributed by atoms with Crippen LogP contribution in [0.2, 0.25) is 0 Å². The molecule has 0 aliphatic rings. The van der Waals surface area contributed by atoms with Crippen LogP contribution in [0.5, 0.6) is 5.75 Å². The maximum absolute atomic E-state index is 10.7. The zero-order valence-corrected chi connectivity index (χ0v) is 13.7. The van der Waals surface area contributed by atoms with Crippen molar-refractivity contribution in [1.82, 2.24) is 0 Å². The van der Waals surface area contributed by atoms with Gasteiger partial charge in [0, 0.05) is 16.2 Å². The van der Waals surface area contributed by atoms with Gasteiger partial charge in [0.15, 0.2) is 6.29 Å². The molecule has 0 N–H and O–H groups in total. The second kappa shape index (κ2) is 8.90. The van der Waals surface area contributed by atoms with Crippen molar-refractivity contribution >= 4 is 21.0 Å². The summed E-state index contributed by atoms with van der Waals surface area (Å²) in [5.41, 5.74) is 2.11. The first-order valence-electron chi connectivity index (χ1n) is 6.81. The molecule has 2 unspecified atom stereocenters. The highest BCUT2D eigenvalue weighted by molar-refractivity contribution is 8.04. The molecule has 2 rings (SSSR count). The third-order valence-corrected chi connectivity index (χ3v) is 3.52. The lowest BCUT2D eigenvalue weighted by atomic mass is 10.1. The molecule has 2 atom stereocenters. The van der Waals surface area contributed by atoms with Crippen LogP contribution in [0.1, 0.15) is 6.92 Å². The van der Waals surface area contributed by atoms with Crippen LogP contribution in [0, 0.1) is 0 Å². The van der Waals surface area contributed by atoms with Crippen LogP contribution >= 0.6 is 10.7 Å². The van der Waals surface area contributed by atoms with Gasteiger partial charge in [0.1, 0.15) is 12.4 Å². The van der Waals surface area contributed by atoms with E-state index in [0.717, 1.165) is 16.9 Å². The fourth-order valence-corrected chi connectivity index (χ4v) is 2.52. The summed E-state index contributed by atoms with van der Waals surface area (Å²) < 4.78 is 26.5. The SMILES string of the molecule is CC(OCCOc1ccccc1-c1ccccc1)OS(=O)Cl.